The molecule has 0 atom stereocenters. The minimum atomic E-state index is -1.90. The molecule has 6 heteroatoms. The van der Waals surface area contributed by atoms with E-state index in [2.05, 4.69) is 0 Å². The molecule has 0 saturated heterocycles. The maximum absolute atomic E-state index is 11.2. The molecule has 0 heterocycles. The van der Waals surface area contributed by atoms with Gasteiger partial charge in [0.15, 0.2) is 0 Å². The summed E-state index contributed by atoms with van der Waals surface area (Å²) < 4.78 is 0. The molecule has 0 spiro atoms. The summed E-state index contributed by atoms with van der Waals surface area (Å²) in [6, 6.07) is 0. The molecule has 0 aromatic rings. The van der Waals surface area contributed by atoms with E-state index in [1.54, 1.807) is 20.8 Å². The standard InChI is InChI=1S/C13H24O4.2K/c1-5-6-7-8-9-13(10(14)15,11(16)17)12(2,3)4;;/h5-9H2,1-4H3,(H,14,15)(H,16,17);;/q;2*+1/p-2. The van der Waals surface area contributed by atoms with Crippen molar-refractivity contribution in [3.63, 3.8) is 0 Å². The molecule has 0 aliphatic rings. The van der Waals surface area contributed by atoms with E-state index >= 15 is 0 Å². The number of unbranched alkanes of at least 4 members (excludes halogenated alkanes) is 3. The molecule has 0 rings (SSSR count). The summed E-state index contributed by atoms with van der Waals surface area (Å²) in [4.78, 5) is 22.5. The van der Waals surface area contributed by atoms with Gasteiger partial charge >= 0.3 is 103 Å². The summed E-state index contributed by atoms with van der Waals surface area (Å²) in [5.41, 5.74) is -2.82. The van der Waals surface area contributed by atoms with Crippen LogP contribution >= 0.6 is 0 Å². The van der Waals surface area contributed by atoms with Crippen molar-refractivity contribution in [3.8, 4) is 0 Å². The third-order valence-electron chi connectivity index (χ3n) is 3.38. The number of carbonyl (C=O) groups excluding carboxylic acids is 2. The van der Waals surface area contributed by atoms with Crippen LogP contribution in [0.25, 0.3) is 0 Å². The molecule has 4 nitrogen and oxygen atoms in total. The molecule has 0 unspecified atom stereocenters. The van der Waals surface area contributed by atoms with Gasteiger partial charge in [-0.1, -0.05) is 53.4 Å². The van der Waals surface area contributed by atoms with Crippen LogP contribution in [0.2, 0.25) is 0 Å². The predicted molar refractivity (Wildman–Crippen MR) is 60.7 cm³/mol. The number of aliphatic carboxylic acids is 2. The van der Waals surface area contributed by atoms with Crippen LogP contribution in [0.15, 0.2) is 0 Å². The quantitative estimate of drug-likeness (QED) is 0.266. The molecule has 0 fully saturated rings. The van der Waals surface area contributed by atoms with Gasteiger partial charge in [0.2, 0.25) is 0 Å². The van der Waals surface area contributed by atoms with Gasteiger partial charge in [0.05, 0.1) is 17.4 Å². The van der Waals surface area contributed by atoms with Crippen LogP contribution in [0, 0.1) is 10.8 Å². The Kier molecular flexibility index (Phi) is 16.1. The Morgan fingerprint density at radius 3 is 1.58 bits per heavy atom. The van der Waals surface area contributed by atoms with Crippen molar-refractivity contribution in [2.45, 2.75) is 59.8 Å². The van der Waals surface area contributed by atoms with Gasteiger partial charge in [0.25, 0.3) is 0 Å². The van der Waals surface area contributed by atoms with E-state index in [0.29, 0.717) is 6.42 Å². The van der Waals surface area contributed by atoms with E-state index in [1.807, 2.05) is 6.92 Å². The number of carbonyl (C=O) groups is 2. The first-order valence-corrected chi connectivity index (χ1v) is 6.13. The first kappa shape index (κ1) is 26.1. The van der Waals surface area contributed by atoms with Gasteiger partial charge in [-0.3, -0.25) is 0 Å². The summed E-state index contributed by atoms with van der Waals surface area (Å²) in [6.45, 7) is 6.82. The van der Waals surface area contributed by atoms with Gasteiger partial charge in [0, 0.05) is 0 Å². The Labute approximate surface area is 201 Å². The molecule has 0 radical (unpaired) electrons. The van der Waals surface area contributed by atoms with E-state index < -0.39 is 22.8 Å². The van der Waals surface area contributed by atoms with Gasteiger partial charge < -0.3 is 19.8 Å². The molecular weight excluding hydrogens is 298 g/mol. The summed E-state index contributed by atoms with van der Waals surface area (Å²) in [5, 5.41) is 22.5. The van der Waals surface area contributed by atoms with Crippen LogP contribution < -0.4 is 113 Å². The second-order valence-electron chi connectivity index (χ2n) is 5.54. The van der Waals surface area contributed by atoms with Crippen molar-refractivity contribution in [1.82, 2.24) is 0 Å². The minimum Gasteiger partial charge on any atom is -0.549 e. The van der Waals surface area contributed by atoms with Crippen LogP contribution in [-0.4, -0.2) is 11.9 Å². The third kappa shape index (κ3) is 7.35. The van der Waals surface area contributed by atoms with Crippen LogP contribution in [0.3, 0.4) is 0 Å². The first-order chi connectivity index (χ1) is 7.70. The average Bonchev–Trinajstić information content (AvgIpc) is 2.14. The van der Waals surface area contributed by atoms with Gasteiger partial charge in [-0.25, -0.2) is 0 Å². The fourth-order valence-electron chi connectivity index (χ4n) is 2.09. The Morgan fingerprint density at radius 1 is 0.895 bits per heavy atom. The first-order valence-electron chi connectivity index (χ1n) is 6.13. The molecule has 0 aliphatic heterocycles. The second kappa shape index (κ2) is 11.7. The Hall–Kier alpha value is 2.21. The molecule has 0 aromatic carbocycles. The third-order valence-corrected chi connectivity index (χ3v) is 3.38. The molecule has 19 heavy (non-hydrogen) atoms. The molecule has 0 amide bonds. The molecule has 0 bridgehead atoms. The molecule has 0 aromatic heterocycles. The number of carboxylic acids is 2. The molecule has 0 N–H and O–H groups in total. The van der Waals surface area contributed by atoms with E-state index in [1.165, 1.54) is 0 Å². The normalized spacial score (nSPS) is 11.2. The molecule has 0 aliphatic carbocycles. The van der Waals surface area contributed by atoms with Crippen LogP contribution in [-0.2, 0) is 9.59 Å². The van der Waals surface area contributed by atoms with Crippen molar-refractivity contribution >= 4 is 11.9 Å². The predicted octanol–water partition coefficient (Wildman–Crippen LogP) is -5.50. The van der Waals surface area contributed by atoms with E-state index in [9.17, 15) is 19.8 Å². The number of rotatable bonds is 7. The van der Waals surface area contributed by atoms with E-state index in [4.69, 9.17) is 0 Å². The number of carboxylic acid groups (broad SMARTS) is 2. The van der Waals surface area contributed by atoms with Crippen molar-refractivity contribution in [3.05, 3.63) is 0 Å². The molecular formula is C13H22K2O4. The zero-order valence-electron chi connectivity index (χ0n) is 13.2. The van der Waals surface area contributed by atoms with Crippen LogP contribution in [0.1, 0.15) is 59.8 Å². The minimum absolute atomic E-state index is 0. The van der Waals surface area contributed by atoms with Gasteiger partial charge in [-0.15, -0.1) is 0 Å². The van der Waals surface area contributed by atoms with Crippen molar-refractivity contribution in [1.29, 1.82) is 0 Å². The monoisotopic (exact) mass is 320 g/mol. The summed E-state index contributed by atoms with van der Waals surface area (Å²) in [5.74, 6) is -3.08. The van der Waals surface area contributed by atoms with Crippen LogP contribution in [0.4, 0.5) is 0 Å². The smallest absolute Gasteiger partial charge is 0.549 e. The molecule has 0 saturated carbocycles. The Morgan fingerprint density at radius 2 is 1.32 bits per heavy atom. The Balaban J connectivity index is -0.00000128. The van der Waals surface area contributed by atoms with Crippen molar-refractivity contribution < 1.29 is 123 Å². The SMILES string of the molecule is CCCCCCC(C(=O)[O-])(C(=O)[O-])C(C)(C)C.[K+].[K+]. The van der Waals surface area contributed by atoms with Gasteiger partial charge in [-0.05, 0) is 11.8 Å². The van der Waals surface area contributed by atoms with Crippen LogP contribution in [0.5, 0.6) is 0 Å². The van der Waals surface area contributed by atoms with Gasteiger partial charge in [-0.2, -0.15) is 0 Å². The van der Waals surface area contributed by atoms with Crippen molar-refractivity contribution in [2.24, 2.45) is 10.8 Å². The maximum Gasteiger partial charge on any atom is 1.00 e. The summed E-state index contributed by atoms with van der Waals surface area (Å²) in [6.07, 6.45) is 3.45. The Bertz CT molecular complexity index is 271. The zero-order valence-corrected chi connectivity index (χ0v) is 19.4. The largest absolute Gasteiger partial charge is 1.00 e. The average molecular weight is 321 g/mol. The fraction of sp³-hybridized carbons (Fsp3) is 0.846. The summed E-state index contributed by atoms with van der Waals surface area (Å²) in [7, 11) is 0. The van der Waals surface area contributed by atoms with E-state index in [0.717, 1.165) is 19.3 Å². The zero-order chi connectivity index (χ0) is 13.7. The van der Waals surface area contributed by atoms with Crippen molar-refractivity contribution in [2.75, 3.05) is 0 Å². The fourth-order valence-corrected chi connectivity index (χ4v) is 2.09. The molecule has 100 valence electrons. The summed E-state index contributed by atoms with van der Waals surface area (Å²) >= 11 is 0. The second-order valence-corrected chi connectivity index (χ2v) is 5.54. The van der Waals surface area contributed by atoms with E-state index in [-0.39, 0.29) is 109 Å². The van der Waals surface area contributed by atoms with Gasteiger partial charge in [0.1, 0.15) is 0 Å². The topological polar surface area (TPSA) is 80.3 Å². The number of hydrogen-bond acceptors (Lipinski definition) is 4. The maximum atomic E-state index is 11.2. The number of hydrogen-bond donors (Lipinski definition) is 0.